The van der Waals surface area contributed by atoms with Crippen LogP contribution in [-0.2, 0) is 16.6 Å². The number of methoxy groups -OCH3 is 1. The van der Waals surface area contributed by atoms with Crippen molar-refractivity contribution >= 4 is 17.5 Å². The minimum atomic E-state index is -0.355. The Kier molecular flexibility index (Phi) is 5.24. The molecule has 0 bridgehead atoms. The Morgan fingerprint density at radius 3 is 2.37 bits per heavy atom. The fraction of sp³-hybridized carbons (Fsp3) is 0.409. The molecule has 2 aliphatic heterocycles. The first-order valence-corrected chi connectivity index (χ1v) is 9.93. The molecular weight excluding hydrogens is 386 g/mol. The van der Waals surface area contributed by atoms with Gasteiger partial charge in [0.15, 0.2) is 0 Å². The van der Waals surface area contributed by atoms with Crippen molar-refractivity contribution in [2.75, 3.05) is 31.6 Å². The van der Waals surface area contributed by atoms with E-state index in [9.17, 15) is 14.4 Å². The molecule has 30 heavy (non-hydrogen) atoms. The smallest absolute Gasteiger partial charge is 0.254 e. The Morgan fingerprint density at radius 1 is 1.03 bits per heavy atom. The summed E-state index contributed by atoms with van der Waals surface area (Å²) in [5.74, 6) is 0.805. The first-order chi connectivity index (χ1) is 14.4. The highest BCUT2D eigenvalue weighted by molar-refractivity contribution is 6.00. The molecule has 0 aliphatic carbocycles. The molecule has 8 heteroatoms. The molecular formula is C22H25N3O5. The Morgan fingerprint density at radius 2 is 1.73 bits per heavy atom. The number of nitrogens with zero attached hydrogens (tertiary/aromatic N) is 3. The second-order valence-electron chi connectivity index (χ2n) is 7.82. The highest BCUT2D eigenvalue weighted by Gasteiger charge is 2.41. The summed E-state index contributed by atoms with van der Waals surface area (Å²) in [6.07, 6.45) is 0.0658. The van der Waals surface area contributed by atoms with E-state index in [1.165, 1.54) is 6.07 Å². The van der Waals surface area contributed by atoms with Crippen molar-refractivity contribution in [3.8, 4) is 11.5 Å². The van der Waals surface area contributed by atoms with E-state index in [1.54, 1.807) is 40.7 Å². The van der Waals surface area contributed by atoms with E-state index in [2.05, 4.69) is 0 Å². The van der Waals surface area contributed by atoms with Crippen molar-refractivity contribution in [2.24, 2.45) is 13.0 Å². The lowest BCUT2D eigenvalue weighted by Crippen LogP contribution is -2.57. The van der Waals surface area contributed by atoms with Gasteiger partial charge in [-0.2, -0.15) is 0 Å². The lowest BCUT2D eigenvalue weighted by molar-refractivity contribution is -0.144. The molecule has 2 fully saturated rings. The van der Waals surface area contributed by atoms with Crippen molar-refractivity contribution in [3.63, 3.8) is 0 Å². The SMILES string of the molecule is COc1ccc(N2CC(C(=O)N3CC(Oc4cc(C)n(C)c(=O)c4)C3)CC2=O)cc1. The van der Waals surface area contributed by atoms with Crippen LogP contribution < -0.4 is 19.9 Å². The van der Waals surface area contributed by atoms with Crippen LogP contribution in [0.25, 0.3) is 0 Å². The Bertz CT molecular complexity index is 1020. The summed E-state index contributed by atoms with van der Waals surface area (Å²) in [5.41, 5.74) is 1.45. The van der Waals surface area contributed by atoms with Gasteiger partial charge in [0, 0.05) is 37.5 Å². The molecule has 2 saturated heterocycles. The standard InChI is InChI=1S/C22H25N3O5/c1-14-8-18(10-20(26)23(14)2)30-19-12-24(13-19)22(28)15-9-21(27)25(11-15)16-4-6-17(29-3)7-5-16/h4-8,10,15,19H,9,11-13H2,1-3H3. The van der Waals surface area contributed by atoms with Gasteiger partial charge in [-0.1, -0.05) is 0 Å². The third kappa shape index (κ3) is 3.77. The maximum Gasteiger partial charge on any atom is 0.254 e. The van der Waals surface area contributed by atoms with E-state index in [4.69, 9.17) is 9.47 Å². The zero-order valence-electron chi connectivity index (χ0n) is 17.3. The first kappa shape index (κ1) is 20.0. The highest BCUT2D eigenvalue weighted by Crippen LogP contribution is 2.29. The van der Waals surface area contributed by atoms with Crippen LogP contribution in [0.3, 0.4) is 0 Å². The lowest BCUT2D eigenvalue weighted by Gasteiger charge is -2.40. The van der Waals surface area contributed by atoms with E-state index in [-0.39, 0.29) is 35.8 Å². The number of aromatic nitrogens is 1. The number of anilines is 1. The largest absolute Gasteiger partial charge is 0.497 e. The number of rotatable bonds is 5. The summed E-state index contributed by atoms with van der Waals surface area (Å²) in [6, 6.07) is 10.5. The van der Waals surface area contributed by atoms with Gasteiger partial charge >= 0.3 is 0 Å². The van der Waals surface area contributed by atoms with Gasteiger partial charge in [-0.3, -0.25) is 14.4 Å². The van der Waals surface area contributed by atoms with Crippen molar-refractivity contribution < 1.29 is 19.1 Å². The predicted octanol–water partition coefficient (Wildman–Crippen LogP) is 1.35. The molecule has 2 aliphatic rings. The summed E-state index contributed by atoms with van der Waals surface area (Å²) >= 11 is 0. The fourth-order valence-corrected chi connectivity index (χ4v) is 3.83. The zero-order valence-corrected chi connectivity index (χ0v) is 17.3. The second-order valence-corrected chi connectivity index (χ2v) is 7.82. The normalized spacial score (nSPS) is 19.0. The van der Waals surface area contributed by atoms with E-state index in [0.717, 1.165) is 17.1 Å². The van der Waals surface area contributed by atoms with Crippen molar-refractivity contribution in [1.29, 1.82) is 0 Å². The molecule has 0 radical (unpaired) electrons. The number of likely N-dealkylation sites (tertiary alicyclic amines) is 1. The van der Waals surface area contributed by atoms with Crippen molar-refractivity contribution in [1.82, 2.24) is 9.47 Å². The number of hydrogen-bond acceptors (Lipinski definition) is 5. The van der Waals surface area contributed by atoms with Crippen LogP contribution >= 0.6 is 0 Å². The number of pyridine rings is 1. The molecule has 4 rings (SSSR count). The topological polar surface area (TPSA) is 81.1 Å². The molecule has 3 heterocycles. The fourth-order valence-electron chi connectivity index (χ4n) is 3.83. The molecule has 1 unspecified atom stereocenters. The average molecular weight is 411 g/mol. The van der Waals surface area contributed by atoms with Gasteiger partial charge in [0.25, 0.3) is 5.56 Å². The maximum absolute atomic E-state index is 12.8. The number of hydrogen-bond donors (Lipinski definition) is 0. The van der Waals surface area contributed by atoms with Gasteiger partial charge < -0.3 is 23.8 Å². The zero-order chi connectivity index (χ0) is 21.4. The molecule has 0 N–H and O–H groups in total. The lowest BCUT2D eigenvalue weighted by atomic mass is 10.0. The van der Waals surface area contributed by atoms with Crippen LogP contribution in [-0.4, -0.2) is 54.1 Å². The van der Waals surface area contributed by atoms with Crippen LogP contribution in [0.2, 0.25) is 0 Å². The van der Waals surface area contributed by atoms with Gasteiger partial charge in [-0.15, -0.1) is 0 Å². The highest BCUT2D eigenvalue weighted by atomic mass is 16.5. The third-order valence-electron chi connectivity index (χ3n) is 5.80. The number of benzene rings is 1. The molecule has 0 spiro atoms. The maximum atomic E-state index is 12.8. The van der Waals surface area contributed by atoms with Gasteiger partial charge in [-0.25, -0.2) is 0 Å². The summed E-state index contributed by atoms with van der Waals surface area (Å²) in [4.78, 5) is 40.5. The summed E-state index contributed by atoms with van der Waals surface area (Å²) in [7, 11) is 3.30. The molecule has 1 aromatic heterocycles. The van der Waals surface area contributed by atoms with Crippen LogP contribution in [0.5, 0.6) is 11.5 Å². The first-order valence-electron chi connectivity index (χ1n) is 9.93. The minimum Gasteiger partial charge on any atom is -0.497 e. The molecule has 1 aromatic carbocycles. The second kappa shape index (κ2) is 7.85. The number of ether oxygens (including phenoxy) is 2. The van der Waals surface area contributed by atoms with Crippen molar-refractivity contribution in [2.45, 2.75) is 19.4 Å². The molecule has 158 valence electrons. The van der Waals surface area contributed by atoms with Gasteiger partial charge in [0.2, 0.25) is 11.8 Å². The van der Waals surface area contributed by atoms with Crippen LogP contribution in [0, 0.1) is 12.8 Å². The molecule has 8 nitrogen and oxygen atoms in total. The van der Waals surface area contributed by atoms with Crippen molar-refractivity contribution in [3.05, 3.63) is 52.4 Å². The molecule has 1 atom stereocenters. The average Bonchev–Trinajstić information content (AvgIpc) is 3.09. The summed E-state index contributed by atoms with van der Waals surface area (Å²) in [5, 5.41) is 0. The van der Waals surface area contributed by atoms with E-state index >= 15 is 0 Å². The van der Waals surface area contributed by atoms with Gasteiger partial charge in [0.05, 0.1) is 26.1 Å². The molecule has 2 aromatic rings. The number of carbonyl (C=O) groups is 2. The van der Waals surface area contributed by atoms with Crippen LogP contribution in [0.1, 0.15) is 12.1 Å². The molecule has 2 amide bonds. The minimum absolute atomic E-state index is 0.0284. The molecule has 0 saturated carbocycles. The number of carbonyl (C=O) groups excluding carboxylic acids is 2. The Balaban J connectivity index is 1.33. The number of amides is 2. The van der Waals surface area contributed by atoms with E-state index in [0.29, 0.717) is 25.4 Å². The predicted molar refractivity (Wildman–Crippen MR) is 111 cm³/mol. The van der Waals surface area contributed by atoms with E-state index in [1.807, 2.05) is 25.1 Å². The van der Waals surface area contributed by atoms with Gasteiger partial charge in [0.1, 0.15) is 17.6 Å². The quantitative estimate of drug-likeness (QED) is 0.742. The van der Waals surface area contributed by atoms with E-state index < -0.39 is 0 Å². The summed E-state index contributed by atoms with van der Waals surface area (Å²) in [6.45, 7) is 3.14. The monoisotopic (exact) mass is 411 g/mol. The van der Waals surface area contributed by atoms with Crippen LogP contribution in [0.15, 0.2) is 41.2 Å². The summed E-state index contributed by atoms with van der Waals surface area (Å²) < 4.78 is 12.5. The van der Waals surface area contributed by atoms with Gasteiger partial charge in [-0.05, 0) is 37.3 Å². The Hall–Kier alpha value is -3.29. The number of aryl methyl sites for hydroxylation is 1. The Labute approximate surface area is 174 Å². The third-order valence-corrected chi connectivity index (χ3v) is 5.80. The van der Waals surface area contributed by atoms with Crippen LogP contribution in [0.4, 0.5) is 5.69 Å².